The molecule has 3 atom stereocenters. The first-order valence-electron chi connectivity index (χ1n) is 11.6. The van der Waals surface area contributed by atoms with Crippen molar-refractivity contribution in [3.05, 3.63) is 73.3 Å². The van der Waals surface area contributed by atoms with E-state index in [2.05, 4.69) is 27.9 Å². The lowest BCUT2D eigenvalue weighted by Crippen LogP contribution is -2.56. The van der Waals surface area contributed by atoms with Crippen molar-refractivity contribution in [2.75, 3.05) is 13.2 Å². The third-order valence-corrected chi connectivity index (χ3v) is 7.50. The molecular formula is C26H27Cl2IN2O6. The summed E-state index contributed by atoms with van der Waals surface area (Å²) in [6.45, 7) is 1.31. The maximum Gasteiger partial charge on any atom is 0.290 e. The number of carbonyl (C=O) groups excluding carboxylic acids is 3. The topological polar surface area (TPSA) is 116 Å². The van der Waals surface area contributed by atoms with Gasteiger partial charge in [0.1, 0.15) is 18.0 Å². The van der Waals surface area contributed by atoms with Gasteiger partial charge in [0.25, 0.3) is 5.91 Å². The molecule has 8 nitrogen and oxygen atoms in total. The zero-order valence-corrected chi connectivity index (χ0v) is 23.7. The number of hydrogen-bond donors (Lipinski definition) is 3. The molecule has 1 aliphatic carbocycles. The molecule has 0 aliphatic heterocycles. The molecular weight excluding hydrogens is 634 g/mol. The molecule has 2 amide bonds. The summed E-state index contributed by atoms with van der Waals surface area (Å²) >= 11 is 14.3. The van der Waals surface area contributed by atoms with Crippen LogP contribution >= 0.6 is 45.8 Å². The van der Waals surface area contributed by atoms with Gasteiger partial charge in [-0.3, -0.25) is 14.4 Å². The van der Waals surface area contributed by atoms with Crippen molar-refractivity contribution in [3.8, 4) is 5.75 Å². The zero-order valence-electron chi connectivity index (χ0n) is 20.0. The molecule has 11 heteroatoms. The highest BCUT2D eigenvalue weighted by molar-refractivity contribution is 14.1. The maximum atomic E-state index is 13.3. The fourth-order valence-corrected chi connectivity index (χ4v) is 4.79. The van der Waals surface area contributed by atoms with Crippen molar-refractivity contribution in [1.29, 1.82) is 0 Å². The van der Waals surface area contributed by atoms with Crippen molar-refractivity contribution >= 4 is 63.4 Å². The van der Waals surface area contributed by atoms with Crippen LogP contribution in [-0.4, -0.2) is 64.1 Å². The monoisotopic (exact) mass is 660 g/mol. The third kappa shape index (κ3) is 7.44. The Kier molecular flexibility index (Phi) is 10.8. The molecule has 198 valence electrons. The van der Waals surface area contributed by atoms with E-state index in [1.807, 2.05) is 12.1 Å². The number of para-hydroxylation sites is 1. The second-order valence-corrected chi connectivity index (χ2v) is 10.4. The number of aliphatic hydroxyl groups excluding tert-OH is 2. The molecule has 0 saturated carbocycles. The number of nitrogens with one attached hydrogen (secondary N) is 1. The van der Waals surface area contributed by atoms with Gasteiger partial charge in [0.15, 0.2) is 0 Å². The van der Waals surface area contributed by atoms with E-state index in [-0.39, 0.29) is 43.1 Å². The number of rotatable bonds is 10. The van der Waals surface area contributed by atoms with Crippen molar-refractivity contribution in [2.45, 2.75) is 44.6 Å². The molecule has 0 bridgehead atoms. The third-order valence-electron chi connectivity index (χ3n) is 5.87. The number of hydrogen-bond acceptors (Lipinski definition) is 6. The smallest absolute Gasteiger partial charge is 0.290 e. The van der Waals surface area contributed by atoms with E-state index in [4.69, 9.17) is 33.0 Å². The van der Waals surface area contributed by atoms with Crippen LogP contribution in [0.15, 0.2) is 54.1 Å². The highest BCUT2D eigenvalue weighted by atomic mass is 127. The number of amides is 2. The highest BCUT2D eigenvalue weighted by Crippen LogP contribution is 2.31. The number of carbonyl (C=O) groups is 3. The quantitative estimate of drug-likeness (QED) is 0.265. The Bertz CT molecular complexity index is 1190. The van der Waals surface area contributed by atoms with Crippen LogP contribution in [0, 0.1) is 3.57 Å². The van der Waals surface area contributed by atoms with Gasteiger partial charge in [0, 0.05) is 31.5 Å². The van der Waals surface area contributed by atoms with E-state index in [0.717, 1.165) is 3.57 Å². The van der Waals surface area contributed by atoms with E-state index < -0.39 is 35.8 Å². The van der Waals surface area contributed by atoms with Crippen molar-refractivity contribution in [3.63, 3.8) is 0 Å². The molecule has 0 aromatic heterocycles. The number of halogens is 3. The summed E-state index contributed by atoms with van der Waals surface area (Å²) in [5, 5.41) is 23.8. The van der Waals surface area contributed by atoms with Gasteiger partial charge in [-0.1, -0.05) is 48.3 Å². The van der Waals surface area contributed by atoms with Crippen LogP contribution in [0.5, 0.6) is 5.75 Å². The van der Waals surface area contributed by atoms with Gasteiger partial charge in [-0.05, 0) is 58.5 Å². The van der Waals surface area contributed by atoms with Gasteiger partial charge in [-0.25, -0.2) is 0 Å². The van der Waals surface area contributed by atoms with Crippen LogP contribution in [0.4, 0.5) is 0 Å². The average Bonchev–Trinajstić information content (AvgIpc) is 2.89. The Morgan fingerprint density at radius 3 is 2.54 bits per heavy atom. The number of Topliss-reactive ketones (excluding diaryl/α,β-unsaturated/α-hetero) is 1. The van der Waals surface area contributed by atoms with Gasteiger partial charge in [0.2, 0.25) is 11.7 Å². The number of ketones is 1. The predicted molar refractivity (Wildman–Crippen MR) is 148 cm³/mol. The molecule has 37 heavy (non-hydrogen) atoms. The molecule has 0 radical (unpaired) electrons. The summed E-state index contributed by atoms with van der Waals surface area (Å²) in [4.78, 5) is 39.9. The second kappa shape index (κ2) is 13.6. The lowest BCUT2D eigenvalue weighted by atomic mass is 9.87. The Labute approximate surface area is 238 Å². The van der Waals surface area contributed by atoms with Gasteiger partial charge >= 0.3 is 0 Å². The summed E-state index contributed by atoms with van der Waals surface area (Å²) in [5.41, 5.74) is 0.852. The Morgan fingerprint density at radius 2 is 1.89 bits per heavy atom. The van der Waals surface area contributed by atoms with Crippen LogP contribution in [0.2, 0.25) is 10.0 Å². The SMILES string of the molecule is CCC(=O)C(=O)N(Cc1ccc(Cl)c(Cl)c1)C1CC(C(=O)NCCO)=CC(Oc2ccccc2I)C1O. The van der Waals surface area contributed by atoms with E-state index in [1.54, 1.807) is 37.3 Å². The standard InChI is InChI=1S/C26H27Cl2IN2O6/c1-2-21(33)26(36)31(14-15-7-8-17(27)18(28)11-15)20-12-16(25(35)30-9-10-32)13-23(24(20)34)37-22-6-4-3-5-19(22)29/h3-8,11,13,20,23-24,32,34H,2,9-10,12,14H2,1H3,(H,30,35). The molecule has 1 aliphatic rings. The average molecular weight is 661 g/mol. The van der Waals surface area contributed by atoms with E-state index >= 15 is 0 Å². The molecule has 3 N–H and O–H groups in total. The molecule has 2 aromatic rings. The lowest BCUT2D eigenvalue weighted by molar-refractivity contribution is -0.149. The zero-order chi connectivity index (χ0) is 27.1. The first kappa shape index (κ1) is 29.4. The molecule has 3 unspecified atom stereocenters. The molecule has 0 fully saturated rings. The van der Waals surface area contributed by atoms with Crippen molar-refractivity contribution in [2.24, 2.45) is 0 Å². The Morgan fingerprint density at radius 1 is 1.16 bits per heavy atom. The van der Waals surface area contributed by atoms with E-state index in [1.165, 1.54) is 11.0 Å². The number of aliphatic hydroxyl groups is 2. The fourth-order valence-electron chi connectivity index (χ4n) is 3.95. The van der Waals surface area contributed by atoms with Crippen LogP contribution in [-0.2, 0) is 20.9 Å². The second-order valence-electron chi connectivity index (χ2n) is 8.40. The first-order valence-corrected chi connectivity index (χ1v) is 13.5. The van der Waals surface area contributed by atoms with Crippen LogP contribution < -0.4 is 10.1 Å². The molecule has 2 aromatic carbocycles. The van der Waals surface area contributed by atoms with E-state index in [0.29, 0.717) is 16.3 Å². The van der Waals surface area contributed by atoms with Gasteiger partial charge in [-0.2, -0.15) is 0 Å². The summed E-state index contributed by atoms with van der Waals surface area (Å²) in [6, 6.07) is 11.1. The maximum absolute atomic E-state index is 13.3. The van der Waals surface area contributed by atoms with Gasteiger partial charge < -0.3 is 25.2 Å². The van der Waals surface area contributed by atoms with Crippen LogP contribution in [0.25, 0.3) is 0 Å². The summed E-state index contributed by atoms with van der Waals surface area (Å²) in [6.07, 6.45) is -0.803. The van der Waals surface area contributed by atoms with Crippen molar-refractivity contribution < 1.29 is 29.3 Å². The minimum atomic E-state index is -1.26. The van der Waals surface area contributed by atoms with Crippen LogP contribution in [0.3, 0.4) is 0 Å². The van der Waals surface area contributed by atoms with Crippen molar-refractivity contribution in [1.82, 2.24) is 10.2 Å². The molecule has 0 saturated heterocycles. The van der Waals surface area contributed by atoms with Crippen LogP contribution in [0.1, 0.15) is 25.3 Å². The lowest BCUT2D eigenvalue weighted by Gasteiger charge is -2.40. The van der Waals surface area contributed by atoms with E-state index in [9.17, 15) is 19.5 Å². The van der Waals surface area contributed by atoms with Gasteiger partial charge in [0.05, 0.1) is 26.3 Å². The minimum Gasteiger partial charge on any atom is -0.482 e. The molecule has 0 spiro atoms. The van der Waals surface area contributed by atoms with Gasteiger partial charge in [-0.15, -0.1) is 0 Å². The summed E-state index contributed by atoms with van der Waals surface area (Å²) in [7, 11) is 0. The molecule has 3 rings (SSSR count). The number of ether oxygens (including phenoxy) is 1. The minimum absolute atomic E-state index is 0.0264. The molecule has 0 heterocycles. The summed E-state index contributed by atoms with van der Waals surface area (Å²) < 4.78 is 6.88. The first-order chi connectivity index (χ1) is 17.7. The fraction of sp³-hybridized carbons (Fsp3) is 0.346. The normalized spacial score (nSPS) is 19.1. The largest absolute Gasteiger partial charge is 0.482 e. The number of nitrogens with zero attached hydrogens (tertiary/aromatic N) is 1. The Balaban J connectivity index is 2.02. The Hall–Kier alpha value is -2.18. The highest BCUT2D eigenvalue weighted by Gasteiger charge is 2.41. The number of benzene rings is 2. The predicted octanol–water partition coefficient (Wildman–Crippen LogP) is 3.52. The summed E-state index contributed by atoms with van der Waals surface area (Å²) in [5.74, 6) is -1.40.